The van der Waals surface area contributed by atoms with Crippen molar-refractivity contribution in [3.05, 3.63) is 9.26 Å². The first kappa shape index (κ1) is 9.30. The predicted molar refractivity (Wildman–Crippen MR) is 61.5 cm³/mol. The standard InChI is InChI=1S/C9H14IN3/c10-7-8(12-13-9(7)11)6-4-2-1-3-5-6/h6H,1-5H2,(H3,11,12,13). The molecule has 0 aromatic carbocycles. The van der Waals surface area contributed by atoms with Gasteiger partial charge < -0.3 is 5.73 Å². The normalized spacial score (nSPS) is 19.2. The highest BCUT2D eigenvalue weighted by Gasteiger charge is 2.20. The second kappa shape index (κ2) is 3.86. The Morgan fingerprint density at radius 3 is 2.54 bits per heavy atom. The molecule has 0 radical (unpaired) electrons. The Balaban J connectivity index is 2.18. The van der Waals surface area contributed by atoms with Crippen molar-refractivity contribution < 1.29 is 0 Å². The minimum Gasteiger partial charge on any atom is -0.381 e. The van der Waals surface area contributed by atoms with E-state index in [1.165, 1.54) is 37.8 Å². The molecule has 1 aromatic rings. The van der Waals surface area contributed by atoms with E-state index < -0.39 is 0 Å². The molecule has 0 atom stereocenters. The molecule has 4 heteroatoms. The predicted octanol–water partition coefficient (Wildman–Crippen LogP) is 2.64. The first-order valence-corrected chi connectivity index (χ1v) is 5.86. The minimum atomic E-state index is 0.654. The van der Waals surface area contributed by atoms with Crippen molar-refractivity contribution in [3.8, 4) is 0 Å². The molecule has 0 unspecified atom stereocenters. The fourth-order valence-electron chi connectivity index (χ4n) is 2.02. The van der Waals surface area contributed by atoms with Crippen molar-refractivity contribution >= 4 is 28.4 Å². The number of nitrogens with zero attached hydrogens (tertiary/aromatic N) is 1. The summed E-state index contributed by atoms with van der Waals surface area (Å²) in [6, 6.07) is 0. The number of aromatic amines is 1. The van der Waals surface area contributed by atoms with Gasteiger partial charge in [-0.05, 0) is 35.4 Å². The first-order chi connectivity index (χ1) is 6.29. The molecular weight excluding hydrogens is 277 g/mol. The summed E-state index contributed by atoms with van der Waals surface area (Å²) >= 11 is 2.28. The summed E-state index contributed by atoms with van der Waals surface area (Å²) in [6.45, 7) is 0. The van der Waals surface area contributed by atoms with Crippen LogP contribution in [0.2, 0.25) is 0 Å². The van der Waals surface area contributed by atoms with Crippen LogP contribution < -0.4 is 5.73 Å². The highest BCUT2D eigenvalue weighted by Crippen LogP contribution is 2.34. The van der Waals surface area contributed by atoms with E-state index in [-0.39, 0.29) is 0 Å². The van der Waals surface area contributed by atoms with Crippen LogP contribution in [0.25, 0.3) is 0 Å². The summed E-state index contributed by atoms with van der Waals surface area (Å²) < 4.78 is 1.13. The van der Waals surface area contributed by atoms with Gasteiger partial charge in [-0.2, -0.15) is 5.10 Å². The zero-order valence-electron chi connectivity index (χ0n) is 7.52. The number of hydrogen-bond acceptors (Lipinski definition) is 2. The lowest BCUT2D eigenvalue weighted by Gasteiger charge is -2.20. The van der Waals surface area contributed by atoms with Gasteiger partial charge in [-0.15, -0.1) is 0 Å². The Morgan fingerprint density at radius 2 is 2.00 bits per heavy atom. The number of nitrogens with one attached hydrogen (secondary N) is 1. The number of nitrogens with two attached hydrogens (primary N) is 1. The monoisotopic (exact) mass is 291 g/mol. The Hall–Kier alpha value is -0.260. The van der Waals surface area contributed by atoms with E-state index in [2.05, 4.69) is 32.8 Å². The molecule has 1 saturated carbocycles. The van der Waals surface area contributed by atoms with Gasteiger partial charge in [0.05, 0.1) is 9.26 Å². The zero-order valence-corrected chi connectivity index (χ0v) is 9.67. The van der Waals surface area contributed by atoms with Crippen LogP contribution in [-0.2, 0) is 0 Å². The number of hydrogen-bond donors (Lipinski definition) is 2. The number of anilines is 1. The molecule has 0 bridgehead atoms. The highest BCUT2D eigenvalue weighted by atomic mass is 127. The number of halogens is 1. The summed E-state index contributed by atoms with van der Waals surface area (Å²) in [5.74, 6) is 1.33. The number of H-pyrrole nitrogens is 1. The van der Waals surface area contributed by atoms with Crippen LogP contribution in [0.3, 0.4) is 0 Å². The van der Waals surface area contributed by atoms with Gasteiger partial charge in [0.1, 0.15) is 0 Å². The Bertz CT molecular complexity index is 289. The van der Waals surface area contributed by atoms with Gasteiger partial charge in [0.15, 0.2) is 5.82 Å². The molecule has 3 N–H and O–H groups in total. The Morgan fingerprint density at radius 1 is 1.31 bits per heavy atom. The largest absolute Gasteiger partial charge is 0.381 e. The fraction of sp³-hybridized carbons (Fsp3) is 0.667. The molecule has 72 valence electrons. The maximum Gasteiger partial charge on any atom is 0.158 e. The molecule has 3 nitrogen and oxygen atoms in total. The third-order valence-electron chi connectivity index (χ3n) is 2.77. The molecule has 0 amide bonds. The fourth-order valence-corrected chi connectivity index (χ4v) is 2.70. The molecule has 1 fully saturated rings. The van der Waals surface area contributed by atoms with Crippen LogP contribution in [0.1, 0.15) is 43.7 Å². The first-order valence-electron chi connectivity index (χ1n) is 4.78. The van der Waals surface area contributed by atoms with Crippen molar-refractivity contribution in [1.82, 2.24) is 10.2 Å². The van der Waals surface area contributed by atoms with Crippen LogP contribution in [0.4, 0.5) is 5.82 Å². The second-order valence-electron chi connectivity index (χ2n) is 3.67. The van der Waals surface area contributed by atoms with Crippen LogP contribution in [-0.4, -0.2) is 10.2 Å². The number of aromatic nitrogens is 2. The summed E-state index contributed by atoms with van der Waals surface area (Å²) in [5, 5.41) is 7.10. The van der Waals surface area contributed by atoms with E-state index in [0.717, 1.165) is 3.57 Å². The van der Waals surface area contributed by atoms with Gasteiger partial charge >= 0.3 is 0 Å². The van der Waals surface area contributed by atoms with Crippen molar-refractivity contribution in [2.24, 2.45) is 0 Å². The van der Waals surface area contributed by atoms with E-state index in [1.54, 1.807) is 0 Å². The zero-order chi connectivity index (χ0) is 9.26. The van der Waals surface area contributed by atoms with Gasteiger partial charge in [0.25, 0.3) is 0 Å². The molecular formula is C9H14IN3. The van der Waals surface area contributed by atoms with Crippen molar-refractivity contribution in [2.75, 3.05) is 5.73 Å². The molecule has 1 aromatic heterocycles. The van der Waals surface area contributed by atoms with Gasteiger partial charge in [0.2, 0.25) is 0 Å². The molecule has 2 rings (SSSR count). The van der Waals surface area contributed by atoms with Crippen molar-refractivity contribution in [2.45, 2.75) is 38.0 Å². The van der Waals surface area contributed by atoms with Gasteiger partial charge in [0, 0.05) is 5.92 Å². The lowest BCUT2D eigenvalue weighted by molar-refractivity contribution is 0.435. The molecule has 0 saturated heterocycles. The lowest BCUT2D eigenvalue weighted by Crippen LogP contribution is -2.06. The summed E-state index contributed by atoms with van der Waals surface area (Å²) in [6.07, 6.45) is 6.66. The third kappa shape index (κ3) is 1.82. The van der Waals surface area contributed by atoms with Gasteiger partial charge in [-0.1, -0.05) is 19.3 Å². The van der Waals surface area contributed by atoms with E-state index in [1.807, 2.05) is 0 Å². The molecule has 13 heavy (non-hydrogen) atoms. The summed E-state index contributed by atoms with van der Waals surface area (Å²) in [5.41, 5.74) is 6.96. The smallest absolute Gasteiger partial charge is 0.158 e. The van der Waals surface area contributed by atoms with E-state index in [4.69, 9.17) is 5.73 Å². The van der Waals surface area contributed by atoms with E-state index >= 15 is 0 Å². The SMILES string of the molecule is Nc1n[nH]c(C2CCCCC2)c1I. The average molecular weight is 291 g/mol. The molecule has 1 heterocycles. The Kier molecular flexibility index (Phi) is 2.76. The summed E-state index contributed by atoms with van der Waals surface area (Å²) in [4.78, 5) is 0. The molecule has 1 aliphatic rings. The van der Waals surface area contributed by atoms with Gasteiger partial charge in [-0.3, -0.25) is 5.10 Å². The summed E-state index contributed by atoms with van der Waals surface area (Å²) in [7, 11) is 0. The topological polar surface area (TPSA) is 54.7 Å². The quantitative estimate of drug-likeness (QED) is 0.781. The van der Waals surface area contributed by atoms with E-state index in [9.17, 15) is 0 Å². The van der Waals surface area contributed by atoms with Crippen molar-refractivity contribution in [1.29, 1.82) is 0 Å². The van der Waals surface area contributed by atoms with Crippen LogP contribution in [0.5, 0.6) is 0 Å². The second-order valence-corrected chi connectivity index (χ2v) is 4.75. The molecule has 0 aliphatic heterocycles. The average Bonchev–Trinajstić information content (AvgIpc) is 2.49. The molecule has 1 aliphatic carbocycles. The third-order valence-corrected chi connectivity index (χ3v) is 3.91. The van der Waals surface area contributed by atoms with E-state index in [0.29, 0.717) is 11.7 Å². The maximum atomic E-state index is 5.70. The van der Waals surface area contributed by atoms with Crippen LogP contribution in [0, 0.1) is 3.57 Å². The minimum absolute atomic E-state index is 0.654. The van der Waals surface area contributed by atoms with Crippen LogP contribution >= 0.6 is 22.6 Å². The Labute approximate surface area is 91.6 Å². The van der Waals surface area contributed by atoms with Crippen molar-refractivity contribution in [3.63, 3.8) is 0 Å². The lowest BCUT2D eigenvalue weighted by atomic mass is 9.87. The van der Waals surface area contributed by atoms with Gasteiger partial charge in [-0.25, -0.2) is 0 Å². The molecule has 0 spiro atoms. The number of rotatable bonds is 1. The van der Waals surface area contributed by atoms with Crippen LogP contribution in [0.15, 0.2) is 0 Å². The number of nitrogen functional groups attached to an aromatic ring is 1. The highest BCUT2D eigenvalue weighted by molar-refractivity contribution is 14.1. The maximum absolute atomic E-state index is 5.70.